The summed E-state index contributed by atoms with van der Waals surface area (Å²) in [7, 11) is 1.96. The van der Waals surface area contributed by atoms with Crippen LogP contribution in [0, 0.1) is 0 Å². The molecule has 0 aromatic heterocycles. The van der Waals surface area contributed by atoms with E-state index in [9.17, 15) is 18.0 Å². The highest BCUT2D eigenvalue weighted by Crippen LogP contribution is 2.39. The highest BCUT2D eigenvalue weighted by Gasteiger charge is 2.57. The van der Waals surface area contributed by atoms with Crippen molar-refractivity contribution < 1.29 is 27.5 Å². The van der Waals surface area contributed by atoms with Gasteiger partial charge in [-0.2, -0.15) is 13.2 Å². The first-order valence-corrected chi connectivity index (χ1v) is 4.16. The first-order chi connectivity index (χ1) is 6.69. The number of methoxy groups -OCH3 is 1. The van der Waals surface area contributed by atoms with E-state index < -0.39 is 24.1 Å². The lowest BCUT2D eigenvalue weighted by Crippen LogP contribution is -2.53. The molecule has 0 saturated carbocycles. The average molecular weight is 250 g/mol. The van der Waals surface area contributed by atoms with Crippen LogP contribution < -0.4 is 0 Å². The van der Waals surface area contributed by atoms with Crippen LogP contribution in [0.25, 0.3) is 0 Å². The third kappa shape index (κ3) is 3.22. The maximum atomic E-state index is 12.6. The summed E-state index contributed by atoms with van der Waals surface area (Å²) in [5.74, 6) is -1.03. The topological polar surface area (TPSA) is 38.8 Å². The quantitative estimate of drug-likeness (QED) is 0.433. The van der Waals surface area contributed by atoms with Crippen molar-refractivity contribution in [3.63, 3.8) is 0 Å². The van der Waals surface area contributed by atoms with Crippen molar-refractivity contribution >= 4 is 17.7 Å². The van der Waals surface area contributed by atoms with Gasteiger partial charge in [0.2, 0.25) is 0 Å². The largest absolute Gasteiger partial charge is 0.469 e. The molecule has 0 heterocycles. The lowest BCUT2D eigenvalue weighted by atomic mass is 9.98. The summed E-state index contributed by atoms with van der Waals surface area (Å²) < 4.78 is 42.1. The van der Waals surface area contributed by atoms with Crippen LogP contribution in [0.5, 0.6) is 0 Å². The van der Waals surface area contributed by atoms with Gasteiger partial charge in [-0.25, -0.2) is 0 Å². The minimum atomic E-state index is -4.72. The molecular formula is C7H11ClF3NO3. The smallest absolute Gasteiger partial charge is 0.410 e. The summed E-state index contributed by atoms with van der Waals surface area (Å²) in [6, 6.07) is 0. The molecule has 0 aromatic carbocycles. The predicted octanol–water partition coefficient (Wildman–Crippen LogP) is 1.89. The Morgan fingerprint density at radius 1 is 1.40 bits per heavy atom. The van der Waals surface area contributed by atoms with Gasteiger partial charge in [0.15, 0.2) is 5.54 Å². The van der Waals surface area contributed by atoms with Crippen LogP contribution in [0.3, 0.4) is 0 Å². The minimum absolute atomic E-state index is 0.0594. The summed E-state index contributed by atoms with van der Waals surface area (Å²) >= 11 is 5.24. The van der Waals surface area contributed by atoms with Crippen LogP contribution >= 0.6 is 11.8 Å². The second kappa shape index (κ2) is 5.00. The Kier molecular flexibility index (Phi) is 4.82. The number of hydrogen-bond donors (Lipinski definition) is 0. The van der Waals surface area contributed by atoms with Gasteiger partial charge in [-0.05, 0) is 6.92 Å². The summed E-state index contributed by atoms with van der Waals surface area (Å²) in [5, 5.41) is 0. The van der Waals surface area contributed by atoms with E-state index in [4.69, 9.17) is 11.8 Å². The zero-order valence-electron chi connectivity index (χ0n) is 8.39. The summed E-state index contributed by atoms with van der Waals surface area (Å²) in [6.07, 6.45) is -5.68. The first-order valence-electron chi connectivity index (χ1n) is 3.82. The Morgan fingerprint density at radius 3 is 2.13 bits per heavy atom. The molecule has 0 N–H and O–H groups in total. The molecule has 1 atom stereocenters. The molecule has 0 bridgehead atoms. The first kappa shape index (κ1) is 14.5. The highest BCUT2D eigenvalue weighted by atomic mass is 35.5. The van der Waals surface area contributed by atoms with E-state index in [-0.39, 0.29) is 4.58 Å². The Morgan fingerprint density at radius 2 is 1.87 bits per heavy atom. The van der Waals surface area contributed by atoms with Crippen molar-refractivity contribution in [1.29, 1.82) is 0 Å². The van der Waals surface area contributed by atoms with Crippen molar-refractivity contribution in [2.45, 2.75) is 25.1 Å². The molecular weight excluding hydrogens is 239 g/mol. The van der Waals surface area contributed by atoms with Crippen molar-refractivity contribution in [2.75, 3.05) is 14.2 Å². The lowest BCUT2D eigenvalue weighted by molar-refractivity contribution is -0.272. The molecule has 0 aliphatic rings. The number of rotatable bonds is 4. The highest BCUT2D eigenvalue weighted by molar-refractivity contribution is 6.13. The van der Waals surface area contributed by atoms with Gasteiger partial charge in [-0.3, -0.25) is 9.63 Å². The SMILES string of the molecule is COC(=O)CC(C)(N(Cl)OC)C(F)(F)F. The van der Waals surface area contributed by atoms with Crippen molar-refractivity contribution in [2.24, 2.45) is 0 Å². The molecule has 0 rings (SSSR count). The Bertz CT molecular complexity index is 236. The number of esters is 1. The Labute approximate surface area is 89.9 Å². The Balaban J connectivity index is 4.95. The van der Waals surface area contributed by atoms with E-state index in [1.165, 1.54) is 0 Å². The van der Waals surface area contributed by atoms with Crippen molar-refractivity contribution in [1.82, 2.24) is 4.58 Å². The van der Waals surface area contributed by atoms with Crippen LogP contribution in [-0.2, 0) is 14.4 Å². The number of nitrogens with zero attached hydrogens (tertiary/aromatic N) is 1. The van der Waals surface area contributed by atoms with Crippen LogP contribution in [0.15, 0.2) is 0 Å². The number of ether oxygens (including phenoxy) is 1. The summed E-state index contributed by atoms with van der Waals surface area (Å²) in [5.41, 5.74) is -2.63. The van der Waals surface area contributed by atoms with Crippen molar-refractivity contribution in [3.8, 4) is 0 Å². The van der Waals surface area contributed by atoms with E-state index in [2.05, 4.69) is 9.57 Å². The van der Waals surface area contributed by atoms with E-state index >= 15 is 0 Å². The van der Waals surface area contributed by atoms with Crippen LogP contribution in [0.4, 0.5) is 13.2 Å². The van der Waals surface area contributed by atoms with E-state index in [1.807, 2.05) is 0 Å². The lowest BCUT2D eigenvalue weighted by Gasteiger charge is -2.35. The van der Waals surface area contributed by atoms with Gasteiger partial charge < -0.3 is 4.74 Å². The monoisotopic (exact) mass is 249 g/mol. The summed E-state index contributed by atoms with van der Waals surface area (Å²) in [4.78, 5) is 15.1. The molecule has 4 nitrogen and oxygen atoms in total. The van der Waals surface area contributed by atoms with Crippen molar-refractivity contribution in [3.05, 3.63) is 0 Å². The van der Waals surface area contributed by atoms with Gasteiger partial charge in [0.25, 0.3) is 0 Å². The molecule has 0 aromatic rings. The zero-order chi connectivity index (χ0) is 12.3. The van der Waals surface area contributed by atoms with Gasteiger partial charge in [0, 0.05) is 11.8 Å². The normalized spacial score (nSPS) is 16.3. The molecule has 0 amide bonds. The van der Waals surface area contributed by atoms with E-state index in [0.717, 1.165) is 21.1 Å². The average Bonchev–Trinajstić information content (AvgIpc) is 2.14. The maximum Gasteiger partial charge on any atom is 0.410 e. The van der Waals surface area contributed by atoms with Gasteiger partial charge >= 0.3 is 12.1 Å². The number of alkyl halides is 3. The molecule has 0 aliphatic carbocycles. The minimum Gasteiger partial charge on any atom is -0.469 e. The molecule has 0 fully saturated rings. The molecule has 8 heteroatoms. The van der Waals surface area contributed by atoms with Crippen LogP contribution in [0.1, 0.15) is 13.3 Å². The number of hydroxylamine groups is 1. The van der Waals surface area contributed by atoms with E-state index in [0.29, 0.717) is 0 Å². The fourth-order valence-corrected chi connectivity index (χ4v) is 0.972. The second-order valence-electron chi connectivity index (χ2n) is 2.95. The van der Waals surface area contributed by atoms with Gasteiger partial charge in [-0.1, -0.05) is 4.58 Å². The molecule has 15 heavy (non-hydrogen) atoms. The molecule has 0 saturated heterocycles. The molecule has 0 radical (unpaired) electrons. The van der Waals surface area contributed by atoms with Crippen LogP contribution in [0.2, 0.25) is 0 Å². The second-order valence-corrected chi connectivity index (χ2v) is 3.26. The molecule has 1 unspecified atom stereocenters. The number of halogens is 4. The predicted molar refractivity (Wildman–Crippen MR) is 45.8 cm³/mol. The fraction of sp³-hybridized carbons (Fsp3) is 0.857. The fourth-order valence-electron chi connectivity index (χ4n) is 0.817. The number of carbonyl (C=O) groups excluding carboxylic acids is 1. The summed E-state index contributed by atoms with van der Waals surface area (Å²) in [6.45, 7) is 0.737. The number of carbonyl (C=O) groups is 1. The molecule has 0 aliphatic heterocycles. The van der Waals surface area contributed by atoms with Crippen LogP contribution in [-0.4, -0.2) is 36.5 Å². The third-order valence-corrected chi connectivity index (χ3v) is 2.39. The third-order valence-electron chi connectivity index (χ3n) is 1.88. The van der Waals surface area contributed by atoms with E-state index in [1.54, 1.807) is 0 Å². The molecule has 90 valence electrons. The van der Waals surface area contributed by atoms with Gasteiger partial charge in [0.05, 0.1) is 20.6 Å². The zero-order valence-corrected chi connectivity index (χ0v) is 9.15. The molecule has 0 spiro atoms. The van der Waals surface area contributed by atoms with Gasteiger partial charge in [-0.15, -0.1) is 0 Å². The Hall–Kier alpha value is -0.530. The maximum absolute atomic E-state index is 12.6. The standard InChI is InChI=1S/C7H11ClF3NO3/c1-6(7(9,10)11,12(8)15-3)4-5(13)14-2/h4H2,1-3H3. The van der Waals surface area contributed by atoms with Gasteiger partial charge in [0.1, 0.15) is 0 Å². The number of hydrogen-bond acceptors (Lipinski definition) is 4.